The third-order valence-electron chi connectivity index (χ3n) is 3.07. The van der Waals surface area contributed by atoms with Crippen LogP contribution in [-0.2, 0) is 11.2 Å². The van der Waals surface area contributed by atoms with Gasteiger partial charge in [-0.25, -0.2) is 4.98 Å². The zero-order valence-corrected chi connectivity index (χ0v) is 12.3. The van der Waals surface area contributed by atoms with Gasteiger partial charge in [0.15, 0.2) is 0 Å². The van der Waals surface area contributed by atoms with Crippen LogP contribution in [0.15, 0.2) is 23.6 Å². The van der Waals surface area contributed by atoms with Crippen LogP contribution in [0.25, 0.3) is 0 Å². The minimum absolute atomic E-state index is 0.0360. The maximum atomic E-state index is 11.9. The number of aromatic nitrogens is 1. The van der Waals surface area contributed by atoms with Crippen molar-refractivity contribution in [2.24, 2.45) is 0 Å². The van der Waals surface area contributed by atoms with E-state index < -0.39 is 0 Å². The Hall–Kier alpha value is -1.68. The minimum atomic E-state index is 0.0360. The Morgan fingerprint density at radius 1 is 1.26 bits per heavy atom. The molecule has 100 valence electrons. The predicted octanol–water partition coefficient (Wildman–Crippen LogP) is 3.64. The molecule has 1 N–H and O–H groups in total. The van der Waals surface area contributed by atoms with Crippen LogP contribution in [0.2, 0.25) is 0 Å². The van der Waals surface area contributed by atoms with Gasteiger partial charge in [-0.1, -0.05) is 6.07 Å². The van der Waals surface area contributed by atoms with Crippen LogP contribution in [0.3, 0.4) is 0 Å². The van der Waals surface area contributed by atoms with Crippen molar-refractivity contribution >= 4 is 22.9 Å². The smallest absolute Gasteiger partial charge is 0.224 e. The molecule has 0 bridgehead atoms. The third kappa shape index (κ3) is 3.89. The fourth-order valence-corrected chi connectivity index (χ4v) is 2.45. The number of rotatable bonds is 4. The van der Waals surface area contributed by atoms with Crippen molar-refractivity contribution in [1.29, 1.82) is 0 Å². The van der Waals surface area contributed by atoms with Crippen molar-refractivity contribution in [3.05, 3.63) is 45.4 Å². The second-order valence-corrected chi connectivity index (χ2v) is 5.77. The normalized spacial score (nSPS) is 10.5. The number of hydrogen-bond acceptors (Lipinski definition) is 3. The van der Waals surface area contributed by atoms with E-state index in [1.165, 1.54) is 11.1 Å². The molecule has 1 aromatic heterocycles. The van der Waals surface area contributed by atoms with Gasteiger partial charge in [0.05, 0.1) is 10.7 Å². The number of nitrogens with zero attached hydrogens (tertiary/aromatic N) is 1. The first-order valence-electron chi connectivity index (χ1n) is 6.32. The highest BCUT2D eigenvalue weighted by molar-refractivity contribution is 7.09. The topological polar surface area (TPSA) is 42.0 Å². The summed E-state index contributed by atoms with van der Waals surface area (Å²) < 4.78 is 0. The summed E-state index contributed by atoms with van der Waals surface area (Å²) >= 11 is 1.62. The zero-order chi connectivity index (χ0) is 13.8. The molecule has 0 unspecified atom stereocenters. The van der Waals surface area contributed by atoms with E-state index in [4.69, 9.17) is 0 Å². The highest BCUT2D eigenvalue weighted by Crippen LogP contribution is 2.15. The Morgan fingerprint density at radius 2 is 2.05 bits per heavy atom. The van der Waals surface area contributed by atoms with E-state index in [1.54, 1.807) is 11.3 Å². The average Bonchev–Trinajstić information content (AvgIpc) is 2.77. The first-order chi connectivity index (χ1) is 9.04. The third-order valence-corrected chi connectivity index (χ3v) is 3.89. The van der Waals surface area contributed by atoms with Crippen LogP contribution in [0.5, 0.6) is 0 Å². The molecule has 1 heterocycles. The standard InChI is InChI=1S/C15H18N2OS/c1-10-4-5-13(8-11(10)2)17-15(18)7-6-14-9-19-12(3)16-14/h4-5,8-9H,6-7H2,1-3H3,(H,17,18). The summed E-state index contributed by atoms with van der Waals surface area (Å²) in [7, 11) is 0. The lowest BCUT2D eigenvalue weighted by Gasteiger charge is -2.07. The monoisotopic (exact) mass is 274 g/mol. The molecule has 0 spiro atoms. The van der Waals surface area contributed by atoms with Gasteiger partial charge in [0.25, 0.3) is 0 Å². The Balaban J connectivity index is 1.88. The molecule has 0 radical (unpaired) electrons. The van der Waals surface area contributed by atoms with Gasteiger partial charge in [-0.2, -0.15) is 0 Å². The Morgan fingerprint density at radius 3 is 2.68 bits per heavy atom. The number of aryl methyl sites for hydroxylation is 4. The highest BCUT2D eigenvalue weighted by atomic mass is 32.1. The molecule has 4 heteroatoms. The summed E-state index contributed by atoms with van der Waals surface area (Å²) in [5.74, 6) is 0.0360. The maximum absolute atomic E-state index is 11.9. The highest BCUT2D eigenvalue weighted by Gasteiger charge is 2.05. The minimum Gasteiger partial charge on any atom is -0.326 e. The van der Waals surface area contributed by atoms with E-state index in [1.807, 2.05) is 37.4 Å². The van der Waals surface area contributed by atoms with Crippen LogP contribution >= 0.6 is 11.3 Å². The largest absolute Gasteiger partial charge is 0.326 e. The second-order valence-electron chi connectivity index (χ2n) is 4.71. The lowest BCUT2D eigenvalue weighted by molar-refractivity contribution is -0.116. The van der Waals surface area contributed by atoms with Crippen LogP contribution in [-0.4, -0.2) is 10.9 Å². The van der Waals surface area contributed by atoms with E-state index in [0.717, 1.165) is 16.4 Å². The van der Waals surface area contributed by atoms with Crippen molar-refractivity contribution < 1.29 is 4.79 Å². The summed E-state index contributed by atoms with van der Waals surface area (Å²) in [6.07, 6.45) is 1.16. The van der Waals surface area contributed by atoms with E-state index in [9.17, 15) is 4.79 Å². The van der Waals surface area contributed by atoms with Gasteiger partial charge < -0.3 is 5.32 Å². The number of benzene rings is 1. The van der Waals surface area contributed by atoms with Gasteiger partial charge in [-0.3, -0.25) is 4.79 Å². The molecule has 0 fully saturated rings. The predicted molar refractivity (Wildman–Crippen MR) is 79.7 cm³/mol. The number of thiazole rings is 1. The summed E-state index contributed by atoms with van der Waals surface area (Å²) in [5.41, 5.74) is 4.28. The number of anilines is 1. The molecular formula is C15H18N2OS. The molecule has 3 nitrogen and oxygen atoms in total. The van der Waals surface area contributed by atoms with Crippen LogP contribution in [0.4, 0.5) is 5.69 Å². The van der Waals surface area contributed by atoms with E-state index in [-0.39, 0.29) is 5.91 Å². The lowest BCUT2D eigenvalue weighted by Crippen LogP contribution is -2.12. The molecule has 0 aliphatic rings. The maximum Gasteiger partial charge on any atom is 0.224 e. The van der Waals surface area contributed by atoms with Crippen molar-refractivity contribution in [2.45, 2.75) is 33.6 Å². The molecule has 1 aromatic carbocycles. The average molecular weight is 274 g/mol. The summed E-state index contributed by atoms with van der Waals surface area (Å²) in [5, 5.41) is 5.98. The van der Waals surface area contributed by atoms with Crippen molar-refractivity contribution in [2.75, 3.05) is 5.32 Å². The van der Waals surface area contributed by atoms with E-state index in [2.05, 4.69) is 17.2 Å². The van der Waals surface area contributed by atoms with Gasteiger partial charge in [-0.15, -0.1) is 11.3 Å². The van der Waals surface area contributed by atoms with E-state index >= 15 is 0 Å². The number of nitrogens with one attached hydrogen (secondary N) is 1. The van der Waals surface area contributed by atoms with Crippen molar-refractivity contribution in [3.63, 3.8) is 0 Å². The van der Waals surface area contributed by atoms with Crippen LogP contribution in [0.1, 0.15) is 28.2 Å². The molecule has 2 rings (SSSR count). The Kier molecular flexibility index (Phi) is 4.32. The first-order valence-corrected chi connectivity index (χ1v) is 7.20. The molecule has 0 atom stereocenters. The Bertz CT molecular complexity index is 590. The Labute approximate surface area is 117 Å². The van der Waals surface area contributed by atoms with Gasteiger partial charge in [0.2, 0.25) is 5.91 Å². The fraction of sp³-hybridized carbons (Fsp3) is 0.333. The number of carbonyl (C=O) groups excluding carboxylic acids is 1. The fourth-order valence-electron chi connectivity index (χ4n) is 1.81. The van der Waals surface area contributed by atoms with Gasteiger partial charge in [0, 0.05) is 17.5 Å². The summed E-state index contributed by atoms with van der Waals surface area (Å²) in [4.78, 5) is 16.2. The zero-order valence-electron chi connectivity index (χ0n) is 11.5. The quantitative estimate of drug-likeness (QED) is 0.925. The molecule has 2 aromatic rings. The van der Waals surface area contributed by atoms with Crippen LogP contribution < -0.4 is 5.32 Å². The van der Waals surface area contributed by atoms with Crippen molar-refractivity contribution in [1.82, 2.24) is 4.98 Å². The first kappa shape index (κ1) is 13.7. The molecule has 1 amide bonds. The molecule has 0 aliphatic heterocycles. The number of carbonyl (C=O) groups is 1. The number of amides is 1. The molecule has 0 saturated carbocycles. The van der Waals surface area contributed by atoms with Gasteiger partial charge >= 0.3 is 0 Å². The van der Waals surface area contributed by atoms with Crippen molar-refractivity contribution in [3.8, 4) is 0 Å². The lowest BCUT2D eigenvalue weighted by atomic mass is 10.1. The number of hydrogen-bond donors (Lipinski definition) is 1. The second kappa shape index (κ2) is 5.97. The van der Waals surface area contributed by atoms with E-state index in [0.29, 0.717) is 12.8 Å². The molecule has 19 heavy (non-hydrogen) atoms. The van der Waals surface area contributed by atoms with Gasteiger partial charge in [-0.05, 0) is 50.5 Å². The summed E-state index contributed by atoms with van der Waals surface area (Å²) in [6, 6.07) is 5.96. The van der Waals surface area contributed by atoms with Gasteiger partial charge in [0.1, 0.15) is 0 Å². The van der Waals surface area contributed by atoms with Crippen LogP contribution in [0, 0.1) is 20.8 Å². The SMILES string of the molecule is Cc1nc(CCC(=O)Nc2ccc(C)c(C)c2)cs1. The summed E-state index contributed by atoms with van der Waals surface area (Å²) in [6.45, 7) is 6.08. The molecular weight excluding hydrogens is 256 g/mol. The molecule has 0 aliphatic carbocycles. The molecule has 0 saturated heterocycles.